The molecule has 34 heavy (non-hydrogen) atoms. The molecular weight excluding hydrogens is 457 g/mol. The monoisotopic (exact) mass is 476 g/mol. The molecule has 0 radical (unpaired) electrons. The first-order valence-corrected chi connectivity index (χ1v) is 10.4. The van der Waals surface area contributed by atoms with E-state index < -0.39 is 18.0 Å². The molecule has 0 bridgehead atoms. The van der Waals surface area contributed by atoms with Crippen LogP contribution in [0.1, 0.15) is 15.9 Å². The third-order valence-electron chi connectivity index (χ3n) is 5.39. The molecule has 11 nitrogen and oxygen atoms in total. The number of carbonyl (C=O) groups excluding carboxylic acids is 1. The van der Waals surface area contributed by atoms with Gasteiger partial charge in [-0.1, -0.05) is 0 Å². The van der Waals surface area contributed by atoms with Gasteiger partial charge in [0, 0.05) is 37.6 Å². The van der Waals surface area contributed by atoms with Crippen molar-refractivity contribution in [2.45, 2.75) is 6.36 Å². The minimum atomic E-state index is -4.95. The number of ether oxygens (including phenoxy) is 2. The SMILES string of the molecule is Nc1ncc(C(=O)NC2=Nc3c(ccc(N4CCOCC4)c3OC(F)(F)F)C3=NCCN23)cn1. The van der Waals surface area contributed by atoms with Gasteiger partial charge in [-0.05, 0) is 12.1 Å². The van der Waals surface area contributed by atoms with Crippen LogP contribution in [-0.4, -0.2) is 78.3 Å². The molecule has 1 amide bonds. The fourth-order valence-electron chi connectivity index (χ4n) is 3.90. The summed E-state index contributed by atoms with van der Waals surface area (Å²) in [5.74, 6) is -0.634. The summed E-state index contributed by atoms with van der Waals surface area (Å²) in [5, 5.41) is 2.62. The van der Waals surface area contributed by atoms with E-state index in [0.29, 0.717) is 50.8 Å². The summed E-state index contributed by atoms with van der Waals surface area (Å²) in [4.78, 5) is 32.5. The Bertz CT molecular complexity index is 1180. The van der Waals surface area contributed by atoms with Gasteiger partial charge in [0.1, 0.15) is 11.5 Å². The summed E-state index contributed by atoms with van der Waals surface area (Å²) < 4.78 is 50.1. The van der Waals surface area contributed by atoms with Crippen molar-refractivity contribution in [1.29, 1.82) is 0 Å². The number of halogens is 3. The number of benzene rings is 1. The maximum absolute atomic E-state index is 13.4. The number of alkyl halides is 3. The summed E-state index contributed by atoms with van der Waals surface area (Å²) in [7, 11) is 0. The van der Waals surface area contributed by atoms with Gasteiger partial charge in [-0.25, -0.2) is 15.0 Å². The Hall–Kier alpha value is -3.94. The van der Waals surface area contributed by atoms with Crippen molar-refractivity contribution in [2.75, 3.05) is 50.0 Å². The highest BCUT2D eigenvalue weighted by molar-refractivity contribution is 6.20. The van der Waals surface area contributed by atoms with E-state index in [2.05, 4.69) is 30.0 Å². The number of nitrogens with one attached hydrogen (secondary N) is 1. The summed E-state index contributed by atoms with van der Waals surface area (Å²) in [6, 6.07) is 3.23. The van der Waals surface area contributed by atoms with Crippen LogP contribution in [-0.2, 0) is 4.74 Å². The first kappa shape index (κ1) is 21.9. The number of guanidine groups is 1. The standard InChI is InChI=1S/C20H19F3N8O3/c21-20(22,23)34-15-13(30-5-7-33-8-6-30)2-1-12-14(15)28-19(31-4-3-25-16(12)31)29-17(32)11-9-26-18(24)27-10-11/h1-2,9-10H,3-8H2,(H2,24,26,27)(H,28,29,32). The lowest BCUT2D eigenvalue weighted by atomic mass is 10.1. The predicted molar refractivity (Wildman–Crippen MR) is 115 cm³/mol. The zero-order valence-electron chi connectivity index (χ0n) is 17.7. The van der Waals surface area contributed by atoms with Gasteiger partial charge in [0.2, 0.25) is 11.9 Å². The number of aliphatic imine (C=N–C) groups is 2. The van der Waals surface area contributed by atoms with Gasteiger partial charge < -0.3 is 20.1 Å². The highest BCUT2D eigenvalue weighted by Gasteiger charge is 2.39. The first-order chi connectivity index (χ1) is 16.3. The molecule has 0 aliphatic carbocycles. The Morgan fingerprint density at radius 3 is 2.59 bits per heavy atom. The van der Waals surface area contributed by atoms with Gasteiger partial charge in [0.05, 0.1) is 31.0 Å². The minimum absolute atomic E-state index is 0.000898. The van der Waals surface area contributed by atoms with Crippen molar-refractivity contribution in [2.24, 2.45) is 9.98 Å². The Labute approximate surface area is 191 Å². The number of amidine groups is 1. The van der Waals surface area contributed by atoms with E-state index in [1.165, 1.54) is 12.4 Å². The number of anilines is 2. The van der Waals surface area contributed by atoms with Crippen molar-refractivity contribution in [3.05, 3.63) is 35.7 Å². The van der Waals surface area contributed by atoms with Crippen molar-refractivity contribution in [1.82, 2.24) is 20.2 Å². The zero-order chi connectivity index (χ0) is 23.9. The molecule has 3 aliphatic heterocycles. The summed E-state index contributed by atoms with van der Waals surface area (Å²) in [6.07, 6.45) is -2.48. The molecule has 1 aromatic carbocycles. The van der Waals surface area contributed by atoms with Gasteiger partial charge in [-0.15, -0.1) is 13.2 Å². The lowest BCUT2D eigenvalue weighted by molar-refractivity contribution is -0.274. The van der Waals surface area contributed by atoms with Crippen LogP contribution in [0.4, 0.5) is 30.5 Å². The Morgan fingerprint density at radius 1 is 1.15 bits per heavy atom. The molecule has 178 valence electrons. The van der Waals surface area contributed by atoms with E-state index in [1.54, 1.807) is 21.9 Å². The average molecular weight is 476 g/mol. The number of aromatic nitrogens is 2. The van der Waals surface area contributed by atoms with E-state index in [4.69, 9.17) is 10.5 Å². The number of morpholine rings is 1. The van der Waals surface area contributed by atoms with Crippen molar-refractivity contribution >= 4 is 35.0 Å². The molecule has 3 aliphatic rings. The van der Waals surface area contributed by atoms with Gasteiger partial charge in [0.15, 0.2) is 5.75 Å². The number of rotatable bonds is 3. The second-order valence-electron chi connectivity index (χ2n) is 7.53. The van der Waals surface area contributed by atoms with Crippen LogP contribution in [0.2, 0.25) is 0 Å². The van der Waals surface area contributed by atoms with E-state index in [9.17, 15) is 18.0 Å². The lowest BCUT2D eigenvalue weighted by Crippen LogP contribution is -2.47. The molecule has 1 fully saturated rings. The number of carbonyl (C=O) groups is 1. The normalized spacial score (nSPS) is 17.5. The van der Waals surface area contributed by atoms with Gasteiger partial charge in [0.25, 0.3) is 5.91 Å². The molecule has 3 N–H and O–H groups in total. The molecule has 14 heteroatoms. The first-order valence-electron chi connectivity index (χ1n) is 10.4. The average Bonchev–Trinajstić information content (AvgIpc) is 3.30. The van der Waals surface area contributed by atoms with Crippen molar-refractivity contribution in [3.8, 4) is 5.75 Å². The Kier molecular flexibility index (Phi) is 5.43. The van der Waals surface area contributed by atoms with E-state index >= 15 is 0 Å². The van der Waals surface area contributed by atoms with Crippen LogP contribution in [0.25, 0.3) is 0 Å². The molecule has 5 rings (SSSR count). The van der Waals surface area contributed by atoms with E-state index in [1.807, 2.05) is 0 Å². The predicted octanol–water partition coefficient (Wildman–Crippen LogP) is 1.29. The van der Waals surface area contributed by atoms with E-state index in [-0.39, 0.29) is 28.8 Å². The van der Waals surface area contributed by atoms with Crippen LogP contribution in [0, 0.1) is 0 Å². The minimum Gasteiger partial charge on any atom is -0.401 e. The molecule has 0 spiro atoms. The molecule has 4 heterocycles. The number of hydrogen-bond donors (Lipinski definition) is 2. The molecule has 0 atom stereocenters. The summed E-state index contributed by atoms with van der Waals surface area (Å²) in [6.45, 7) is 2.31. The molecule has 0 saturated carbocycles. The molecule has 1 saturated heterocycles. The third kappa shape index (κ3) is 4.19. The quantitative estimate of drug-likeness (QED) is 0.678. The van der Waals surface area contributed by atoms with Crippen LogP contribution >= 0.6 is 0 Å². The van der Waals surface area contributed by atoms with Crippen LogP contribution < -0.4 is 20.7 Å². The number of fused-ring (bicyclic) bond motifs is 3. The maximum Gasteiger partial charge on any atom is 0.573 e. The van der Waals surface area contributed by atoms with Gasteiger partial charge >= 0.3 is 6.36 Å². The second-order valence-corrected chi connectivity index (χ2v) is 7.53. The molecule has 0 unspecified atom stereocenters. The summed E-state index contributed by atoms with van der Waals surface area (Å²) >= 11 is 0. The summed E-state index contributed by atoms with van der Waals surface area (Å²) in [5.41, 5.74) is 6.10. The van der Waals surface area contributed by atoms with Crippen LogP contribution in [0.15, 0.2) is 34.5 Å². The molecule has 1 aromatic heterocycles. The zero-order valence-corrected chi connectivity index (χ0v) is 17.7. The largest absolute Gasteiger partial charge is 0.573 e. The second kappa shape index (κ2) is 8.44. The Balaban J connectivity index is 1.58. The van der Waals surface area contributed by atoms with Gasteiger partial charge in [-0.3, -0.25) is 20.0 Å². The van der Waals surface area contributed by atoms with Crippen LogP contribution in [0.3, 0.4) is 0 Å². The smallest absolute Gasteiger partial charge is 0.401 e. The van der Waals surface area contributed by atoms with Gasteiger partial charge in [-0.2, -0.15) is 0 Å². The van der Waals surface area contributed by atoms with Crippen molar-refractivity contribution in [3.63, 3.8) is 0 Å². The highest BCUT2D eigenvalue weighted by Crippen LogP contribution is 2.46. The topological polar surface area (TPSA) is 131 Å². The molecular formula is C20H19F3N8O3. The highest BCUT2D eigenvalue weighted by atomic mass is 19.4. The number of hydrogen-bond acceptors (Lipinski definition) is 10. The maximum atomic E-state index is 13.4. The number of nitrogens with two attached hydrogens (primary N) is 1. The number of nitrogens with zero attached hydrogens (tertiary/aromatic N) is 6. The third-order valence-corrected chi connectivity index (χ3v) is 5.39. The fourth-order valence-corrected chi connectivity index (χ4v) is 3.90. The van der Waals surface area contributed by atoms with Crippen molar-refractivity contribution < 1.29 is 27.4 Å². The van der Waals surface area contributed by atoms with E-state index in [0.717, 1.165) is 0 Å². The number of nitrogen functional groups attached to an aromatic ring is 1. The van der Waals surface area contributed by atoms with Crippen LogP contribution in [0.5, 0.6) is 5.75 Å². The molecule has 2 aromatic rings. The fraction of sp³-hybridized carbons (Fsp3) is 0.350. The lowest BCUT2D eigenvalue weighted by Gasteiger charge is -2.33. The Morgan fingerprint density at radius 2 is 1.88 bits per heavy atom. The number of amides is 1.